The van der Waals surface area contributed by atoms with E-state index in [4.69, 9.17) is 5.11 Å². The lowest BCUT2D eigenvalue weighted by Gasteiger charge is -2.41. The van der Waals surface area contributed by atoms with Gasteiger partial charge in [-0.15, -0.1) is 0 Å². The van der Waals surface area contributed by atoms with E-state index in [0.717, 1.165) is 9.80 Å². The topological polar surface area (TPSA) is 107 Å². The Morgan fingerprint density at radius 1 is 1.40 bits per heavy atom. The van der Waals surface area contributed by atoms with E-state index in [1.54, 1.807) is 20.8 Å². The standard InChI is InChI=1S/C12H19N3O5/c1-7-10(19)13-8(16)5-14(7)11(20)15(6-9(17)18)12(2,3)4/h7H,5-6H2,1-4H3,(H,17,18)(H,13,16,19). The van der Waals surface area contributed by atoms with Crippen LogP contribution in [0, 0.1) is 0 Å². The average molecular weight is 285 g/mol. The van der Waals surface area contributed by atoms with Gasteiger partial charge in [-0.3, -0.25) is 19.7 Å². The number of imide groups is 1. The fraction of sp³-hybridized carbons (Fsp3) is 0.667. The summed E-state index contributed by atoms with van der Waals surface area (Å²) in [5.74, 6) is -2.31. The lowest BCUT2D eigenvalue weighted by Crippen LogP contribution is -2.63. The third kappa shape index (κ3) is 3.46. The minimum atomic E-state index is -1.16. The molecular formula is C12H19N3O5. The highest BCUT2D eigenvalue weighted by atomic mass is 16.4. The zero-order chi connectivity index (χ0) is 15.7. The number of nitrogens with zero attached hydrogens (tertiary/aromatic N) is 2. The lowest BCUT2D eigenvalue weighted by atomic mass is 10.1. The molecule has 1 aliphatic heterocycles. The van der Waals surface area contributed by atoms with Gasteiger partial charge in [-0.1, -0.05) is 0 Å². The predicted octanol–water partition coefficient (Wildman–Crippen LogP) is -0.362. The first-order chi connectivity index (χ1) is 9.04. The SMILES string of the molecule is CC1C(=O)NC(=O)CN1C(=O)N(CC(=O)O)C(C)(C)C. The molecule has 0 radical (unpaired) electrons. The van der Waals surface area contributed by atoms with Crippen LogP contribution in [0.15, 0.2) is 0 Å². The number of carboxylic acid groups (broad SMARTS) is 1. The number of nitrogens with one attached hydrogen (secondary N) is 1. The zero-order valence-electron chi connectivity index (χ0n) is 12.0. The Bertz CT molecular complexity index is 454. The molecule has 0 saturated carbocycles. The summed E-state index contributed by atoms with van der Waals surface area (Å²) in [5, 5.41) is 11.0. The Hall–Kier alpha value is -2.12. The van der Waals surface area contributed by atoms with Crippen molar-refractivity contribution >= 4 is 23.8 Å². The van der Waals surface area contributed by atoms with Crippen LogP contribution in [0.1, 0.15) is 27.7 Å². The first kappa shape index (κ1) is 15.9. The second-order valence-electron chi connectivity index (χ2n) is 5.65. The number of carbonyl (C=O) groups excluding carboxylic acids is 3. The predicted molar refractivity (Wildman–Crippen MR) is 68.8 cm³/mol. The van der Waals surface area contributed by atoms with E-state index in [1.165, 1.54) is 6.92 Å². The average Bonchev–Trinajstić information content (AvgIpc) is 2.28. The highest BCUT2D eigenvalue weighted by Crippen LogP contribution is 2.18. The molecule has 1 atom stereocenters. The monoisotopic (exact) mass is 285 g/mol. The van der Waals surface area contributed by atoms with Gasteiger partial charge >= 0.3 is 12.0 Å². The van der Waals surface area contributed by atoms with E-state index in [2.05, 4.69) is 5.32 Å². The Morgan fingerprint density at radius 2 is 1.95 bits per heavy atom. The van der Waals surface area contributed by atoms with Crippen molar-refractivity contribution in [1.82, 2.24) is 15.1 Å². The van der Waals surface area contributed by atoms with E-state index < -0.39 is 41.9 Å². The number of carboxylic acids is 1. The summed E-state index contributed by atoms with van der Waals surface area (Å²) >= 11 is 0. The highest BCUT2D eigenvalue weighted by molar-refractivity contribution is 6.04. The van der Waals surface area contributed by atoms with Crippen molar-refractivity contribution in [3.05, 3.63) is 0 Å². The summed E-state index contributed by atoms with van der Waals surface area (Å²) in [4.78, 5) is 48.5. The fourth-order valence-electron chi connectivity index (χ4n) is 1.83. The van der Waals surface area contributed by atoms with Crippen molar-refractivity contribution < 1.29 is 24.3 Å². The molecule has 4 amide bonds. The van der Waals surface area contributed by atoms with Crippen LogP contribution in [-0.2, 0) is 14.4 Å². The van der Waals surface area contributed by atoms with Crippen LogP contribution in [-0.4, -0.2) is 63.4 Å². The number of amides is 4. The largest absolute Gasteiger partial charge is 0.480 e. The first-order valence-electron chi connectivity index (χ1n) is 6.17. The minimum Gasteiger partial charge on any atom is -0.480 e. The molecule has 2 N–H and O–H groups in total. The molecule has 20 heavy (non-hydrogen) atoms. The van der Waals surface area contributed by atoms with Gasteiger partial charge in [-0.25, -0.2) is 4.79 Å². The summed E-state index contributed by atoms with van der Waals surface area (Å²) in [6.07, 6.45) is 0. The molecule has 0 bridgehead atoms. The Kier molecular flexibility index (Phi) is 4.36. The van der Waals surface area contributed by atoms with Gasteiger partial charge in [0.2, 0.25) is 11.8 Å². The molecular weight excluding hydrogens is 266 g/mol. The molecule has 1 aliphatic rings. The van der Waals surface area contributed by atoms with Crippen LogP contribution in [0.25, 0.3) is 0 Å². The molecule has 1 fully saturated rings. The van der Waals surface area contributed by atoms with Gasteiger partial charge in [0.05, 0.1) is 0 Å². The van der Waals surface area contributed by atoms with E-state index in [-0.39, 0.29) is 6.54 Å². The minimum absolute atomic E-state index is 0.266. The van der Waals surface area contributed by atoms with Crippen molar-refractivity contribution in [1.29, 1.82) is 0 Å². The van der Waals surface area contributed by atoms with Gasteiger partial charge in [0, 0.05) is 5.54 Å². The smallest absolute Gasteiger partial charge is 0.323 e. The number of hydrogen-bond acceptors (Lipinski definition) is 4. The zero-order valence-corrected chi connectivity index (χ0v) is 12.0. The van der Waals surface area contributed by atoms with Gasteiger partial charge in [0.1, 0.15) is 19.1 Å². The summed E-state index contributed by atoms with van der Waals surface area (Å²) < 4.78 is 0. The molecule has 112 valence electrons. The third-order valence-electron chi connectivity index (χ3n) is 3.00. The number of aliphatic carboxylic acids is 1. The Labute approximate surface area is 116 Å². The molecule has 0 spiro atoms. The van der Waals surface area contributed by atoms with Crippen LogP contribution in [0.5, 0.6) is 0 Å². The number of piperazine rings is 1. The van der Waals surface area contributed by atoms with Crippen LogP contribution >= 0.6 is 0 Å². The molecule has 0 aromatic heterocycles. The highest BCUT2D eigenvalue weighted by Gasteiger charge is 2.39. The Morgan fingerprint density at radius 3 is 2.40 bits per heavy atom. The van der Waals surface area contributed by atoms with E-state index in [0.29, 0.717) is 0 Å². The molecule has 1 unspecified atom stereocenters. The normalized spacial score (nSPS) is 19.6. The second kappa shape index (κ2) is 5.48. The summed E-state index contributed by atoms with van der Waals surface area (Å²) in [7, 11) is 0. The van der Waals surface area contributed by atoms with E-state index in [9.17, 15) is 19.2 Å². The molecule has 0 aromatic carbocycles. The van der Waals surface area contributed by atoms with Crippen molar-refractivity contribution in [3.8, 4) is 0 Å². The van der Waals surface area contributed by atoms with E-state index in [1.807, 2.05) is 0 Å². The van der Waals surface area contributed by atoms with Crippen LogP contribution in [0.2, 0.25) is 0 Å². The quantitative estimate of drug-likeness (QED) is 0.674. The van der Waals surface area contributed by atoms with Gasteiger partial charge in [-0.05, 0) is 27.7 Å². The second-order valence-corrected chi connectivity index (χ2v) is 5.65. The number of urea groups is 1. The fourth-order valence-corrected chi connectivity index (χ4v) is 1.83. The maximum atomic E-state index is 12.4. The first-order valence-corrected chi connectivity index (χ1v) is 6.17. The van der Waals surface area contributed by atoms with Gasteiger partial charge in [0.25, 0.3) is 0 Å². The maximum Gasteiger partial charge on any atom is 0.323 e. The molecule has 0 aromatic rings. The van der Waals surface area contributed by atoms with E-state index >= 15 is 0 Å². The molecule has 8 nitrogen and oxygen atoms in total. The van der Waals surface area contributed by atoms with Gasteiger partial charge in [-0.2, -0.15) is 0 Å². The number of carbonyl (C=O) groups is 4. The maximum absolute atomic E-state index is 12.4. The summed E-state index contributed by atoms with van der Waals surface area (Å²) in [6, 6.07) is -1.46. The van der Waals surface area contributed by atoms with Crippen LogP contribution < -0.4 is 5.32 Å². The molecule has 1 saturated heterocycles. The van der Waals surface area contributed by atoms with Crippen molar-refractivity contribution in [3.63, 3.8) is 0 Å². The van der Waals surface area contributed by atoms with Crippen molar-refractivity contribution in [2.75, 3.05) is 13.1 Å². The number of rotatable bonds is 2. The molecule has 1 heterocycles. The third-order valence-corrected chi connectivity index (χ3v) is 3.00. The summed E-state index contributed by atoms with van der Waals surface area (Å²) in [5.41, 5.74) is -0.744. The lowest BCUT2D eigenvalue weighted by molar-refractivity contribution is -0.139. The molecule has 0 aliphatic carbocycles. The number of hydrogen-bond donors (Lipinski definition) is 2. The molecule has 1 rings (SSSR count). The van der Waals surface area contributed by atoms with Crippen LogP contribution in [0.4, 0.5) is 4.79 Å². The summed E-state index contributed by atoms with van der Waals surface area (Å²) in [6.45, 7) is 5.78. The van der Waals surface area contributed by atoms with Crippen LogP contribution in [0.3, 0.4) is 0 Å². The van der Waals surface area contributed by atoms with Gasteiger partial charge in [0.15, 0.2) is 0 Å². The molecule has 8 heteroatoms. The van der Waals surface area contributed by atoms with Gasteiger partial charge < -0.3 is 14.9 Å². The van der Waals surface area contributed by atoms with Crippen molar-refractivity contribution in [2.45, 2.75) is 39.3 Å². The Balaban J connectivity index is 3.02. The van der Waals surface area contributed by atoms with Crippen molar-refractivity contribution in [2.24, 2.45) is 0 Å².